The van der Waals surface area contributed by atoms with E-state index in [0.29, 0.717) is 16.5 Å². The van der Waals surface area contributed by atoms with E-state index in [0.717, 1.165) is 0 Å². The van der Waals surface area contributed by atoms with Gasteiger partial charge >= 0.3 is 0 Å². The molecule has 0 aliphatic heterocycles. The lowest BCUT2D eigenvalue weighted by molar-refractivity contribution is 1.53. The van der Waals surface area contributed by atoms with Crippen LogP contribution in [-0.4, -0.2) is 0 Å². The van der Waals surface area contributed by atoms with Crippen molar-refractivity contribution in [2.24, 2.45) is 0 Å². The molecule has 0 fully saturated rings. The van der Waals surface area contributed by atoms with E-state index in [2.05, 4.69) is 0 Å². The normalized spacial score (nSPS) is 10.9. The third-order valence-corrected chi connectivity index (χ3v) is 1.77. The minimum absolute atomic E-state index is 0.387. The maximum Gasteiger partial charge on any atom is 0.236 e. The summed E-state index contributed by atoms with van der Waals surface area (Å²) in [4.78, 5) is 21.6. The monoisotopic (exact) mass is 147 g/mol. The van der Waals surface area contributed by atoms with Crippen LogP contribution in [0.25, 0.3) is 10.8 Å². The summed E-state index contributed by atoms with van der Waals surface area (Å²) in [6.07, 6.45) is 0. The van der Waals surface area contributed by atoms with Crippen molar-refractivity contribution < 1.29 is 0 Å². The van der Waals surface area contributed by atoms with Crippen LogP contribution in [0.1, 0.15) is 0 Å². The molecule has 0 saturated heterocycles. The number of nitrogens with two attached hydrogens (primary N) is 1. The van der Waals surface area contributed by atoms with Gasteiger partial charge in [-0.15, -0.1) is 0 Å². The molecule has 0 unspecified atom stereocenters. The molecule has 3 heteroatoms. The molecule has 2 aromatic rings. The van der Waals surface area contributed by atoms with Crippen molar-refractivity contribution in [3.63, 3.8) is 0 Å². The first-order chi connectivity index (χ1) is 5.22. The molecule has 11 heavy (non-hydrogen) atoms. The Hall–Kier alpha value is -1.64. The van der Waals surface area contributed by atoms with Crippen LogP contribution in [0, 0.1) is 0 Å². The van der Waals surface area contributed by atoms with Crippen LogP contribution in [0.2, 0.25) is 0 Å². The van der Waals surface area contributed by atoms with Gasteiger partial charge in [0.05, 0.1) is 5.39 Å². The second-order valence-corrected chi connectivity index (χ2v) is 2.43. The predicted molar refractivity (Wildman–Crippen MR) is 43.3 cm³/mol. The lowest BCUT2D eigenvalue weighted by Crippen LogP contribution is -2.31. The first-order valence-electron chi connectivity index (χ1n) is 3.19. The molecule has 3 nitrogen and oxygen atoms in total. The van der Waals surface area contributed by atoms with Gasteiger partial charge < -0.3 is 5.73 Å². The molecule has 0 spiro atoms. The summed E-state index contributed by atoms with van der Waals surface area (Å²) in [6, 6.07) is 4.89. The Morgan fingerprint density at radius 1 is 1.09 bits per heavy atom. The molecule has 0 aliphatic carbocycles. The lowest BCUT2D eigenvalue weighted by Gasteiger charge is -2.00. The number of nitrogen functional groups attached to an aromatic ring is 1. The van der Waals surface area contributed by atoms with Crippen LogP contribution in [0.3, 0.4) is 0 Å². The number of anilines is 1. The second kappa shape index (κ2) is 1.69. The predicted octanol–water partition coefficient (Wildman–Crippen LogP) is 0.0180. The van der Waals surface area contributed by atoms with E-state index in [1.807, 2.05) is 0 Å². The van der Waals surface area contributed by atoms with Crippen LogP contribution in [-0.2, 0) is 0 Å². The van der Waals surface area contributed by atoms with E-state index in [1.165, 1.54) is 0 Å². The fraction of sp³-hybridized carbons (Fsp3) is 0. The quantitative estimate of drug-likeness (QED) is 0.422. The van der Waals surface area contributed by atoms with Gasteiger partial charge in [-0.25, -0.2) is 0 Å². The molecule has 54 valence electrons. The molecule has 2 rings (SSSR count). The van der Waals surface area contributed by atoms with E-state index < -0.39 is 10.9 Å². The van der Waals surface area contributed by atoms with E-state index in [4.69, 9.17) is 5.73 Å². The van der Waals surface area contributed by atoms with Gasteiger partial charge in [0.15, 0.2) is 0 Å². The highest BCUT2D eigenvalue weighted by atomic mass is 16.2. The third kappa shape index (κ3) is 0.570. The highest BCUT2D eigenvalue weighted by Gasteiger charge is 2.13. The molecule has 0 bridgehead atoms. The molecule has 0 radical (unpaired) electrons. The van der Waals surface area contributed by atoms with Gasteiger partial charge in [-0.3, -0.25) is 9.59 Å². The van der Waals surface area contributed by atoms with E-state index in [9.17, 15) is 9.59 Å². The molecule has 2 N–H and O–H groups in total. The van der Waals surface area contributed by atoms with Gasteiger partial charge in [0, 0.05) is 11.1 Å². The molecule has 0 aliphatic rings. The van der Waals surface area contributed by atoms with Crippen molar-refractivity contribution in [3.05, 3.63) is 38.6 Å². The highest BCUT2D eigenvalue weighted by molar-refractivity contribution is 5.96. The Kier molecular flexibility index (Phi) is 0.938. The van der Waals surface area contributed by atoms with E-state index in [1.54, 1.807) is 18.2 Å². The van der Waals surface area contributed by atoms with Gasteiger partial charge in [-0.05, 0) is 6.07 Å². The molecule has 0 atom stereocenters. The summed E-state index contributed by atoms with van der Waals surface area (Å²) in [5.74, 6) is 0. The summed E-state index contributed by atoms with van der Waals surface area (Å²) in [5.41, 5.74) is 4.96. The number of benzene rings is 1. The first kappa shape index (κ1) is 6.09. The Labute approximate surface area is 61.8 Å². The zero-order valence-corrected chi connectivity index (χ0v) is 5.63. The largest absolute Gasteiger partial charge is 0.398 e. The number of fused-ring (bicyclic) bond motifs is 1. The summed E-state index contributed by atoms with van der Waals surface area (Å²) in [6.45, 7) is 0. The SMILES string of the molecule is Nc1cccc2c(=O)c(=O)c12. The Balaban J connectivity index is 3.08. The van der Waals surface area contributed by atoms with Gasteiger partial charge in [0.1, 0.15) is 0 Å². The zero-order chi connectivity index (χ0) is 8.01. The van der Waals surface area contributed by atoms with Gasteiger partial charge in [-0.1, -0.05) is 12.1 Å². The number of hydrogen-bond acceptors (Lipinski definition) is 3. The smallest absolute Gasteiger partial charge is 0.236 e. The topological polar surface area (TPSA) is 60.2 Å². The molecule has 0 heterocycles. The fourth-order valence-corrected chi connectivity index (χ4v) is 1.19. The van der Waals surface area contributed by atoms with Crippen LogP contribution in [0.4, 0.5) is 5.69 Å². The van der Waals surface area contributed by atoms with Gasteiger partial charge in [-0.2, -0.15) is 0 Å². The van der Waals surface area contributed by atoms with E-state index in [-0.39, 0.29) is 0 Å². The van der Waals surface area contributed by atoms with Crippen LogP contribution < -0.4 is 16.6 Å². The van der Waals surface area contributed by atoms with E-state index >= 15 is 0 Å². The van der Waals surface area contributed by atoms with Crippen molar-refractivity contribution in [2.75, 3.05) is 5.73 Å². The van der Waals surface area contributed by atoms with Crippen molar-refractivity contribution in [3.8, 4) is 0 Å². The Morgan fingerprint density at radius 2 is 1.82 bits per heavy atom. The van der Waals surface area contributed by atoms with Crippen molar-refractivity contribution in [1.29, 1.82) is 0 Å². The summed E-state index contributed by atoms with van der Waals surface area (Å²) in [5, 5.41) is 0.840. The highest BCUT2D eigenvalue weighted by Crippen LogP contribution is 2.14. The zero-order valence-electron chi connectivity index (χ0n) is 5.63. The average Bonchev–Trinajstić information content (AvgIpc) is 2.03. The standard InChI is InChI=1S/C8H5NO2/c9-5-3-1-2-4-6(5)8(11)7(4)10/h1-3H,9H2. The Bertz CT molecular complexity index is 492. The lowest BCUT2D eigenvalue weighted by atomic mass is 10.0. The minimum Gasteiger partial charge on any atom is -0.398 e. The van der Waals surface area contributed by atoms with Crippen molar-refractivity contribution in [1.82, 2.24) is 0 Å². The van der Waals surface area contributed by atoms with Gasteiger partial charge in [0.2, 0.25) is 10.9 Å². The Morgan fingerprint density at radius 3 is 2.45 bits per heavy atom. The van der Waals surface area contributed by atoms with Crippen LogP contribution >= 0.6 is 0 Å². The minimum atomic E-state index is -0.460. The molecule has 0 amide bonds. The molecule has 0 aromatic heterocycles. The van der Waals surface area contributed by atoms with Crippen molar-refractivity contribution in [2.45, 2.75) is 0 Å². The van der Waals surface area contributed by atoms with Gasteiger partial charge in [0.25, 0.3) is 0 Å². The third-order valence-electron chi connectivity index (χ3n) is 1.77. The second-order valence-electron chi connectivity index (χ2n) is 2.43. The van der Waals surface area contributed by atoms with Crippen LogP contribution in [0.15, 0.2) is 27.8 Å². The molecule has 0 saturated carbocycles. The van der Waals surface area contributed by atoms with Crippen LogP contribution in [0.5, 0.6) is 0 Å². The number of rotatable bonds is 0. The number of hydrogen-bond donors (Lipinski definition) is 1. The molecular weight excluding hydrogens is 142 g/mol. The summed E-state index contributed by atoms with van der Waals surface area (Å²) >= 11 is 0. The molecular formula is C8H5NO2. The maximum atomic E-state index is 10.8. The summed E-state index contributed by atoms with van der Waals surface area (Å²) < 4.78 is 0. The average molecular weight is 147 g/mol. The van der Waals surface area contributed by atoms with Crippen molar-refractivity contribution >= 4 is 16.5 Å². The molecule has 2 aromatic carbocycles. The fourth-order valence-electron chi connectivity index (χ4n) is 1.19. The first-order valence-corrected chi connectivity index (χ1v) is 3.19. The summed E-state index contributed by atoms with van der Waals surface area (Å²) in [7, 11) is 0. The maximum absolute atomic E-state index is 10.8.